The fourth-order valence-corrected chi connectivity index (χ4v) is 2.15. The fraction of sp³-hybridized carbons (Fsp3) is 0.214. The summed E-state index contributed by atoms with van der Waals surface area (Å²) in [6.45, 7) is 2.31. The predicted molar refractivity (Wildman–Crippen MR) is 77.1 cm³/mol. The minimum Gasteiger partial charge on any atom is -0.373 e. The van der Waals surface area contributed by atoms with Gasteiger partial charge in [-0.25, -0.2) is 9.50 Å². The molecule has 0 aromatic carbocycles. The van der Waals surface area contributed by atoms with Gasteiger partial charge in [-0.3, -0.25) is 4.79 Å². The average Bonchev–Trinajstić information content (AvgIpc) is 2.84. The Labute approximate surface area is 115 Å². The third-order valence-electron chi connectivity index (χ3n) is 3.12. The molecule has 20 heavy (non-hydrogen) atoms. The van der Waals surface area contributed by atoms with E-state index in [-0.39, 0.29) is 5.56 Å². The topological polar surface area (TPSA) is 64.2 Å². The van der Waals surface area contributed by atoms with Crippen molar-refractivity contribution in [2.45, 2.75) is 13.5 Å². The minimum atomic E-state index is -0.0650. The lowest BCUT2D eigenvalue weighted by Crippen LogP contribution is -2.22. The van der Waals surface area contributed by atoms with Crippen LogP contribution in [-0.4, -0.2) is 26.2 Å². The van der Waals surface area contributed by atoms with Gasteiger partial charge in [-0.1, -0.05) is 6.07 Å². The van der Waals surface area contributed by atoms with Crippen molar-refractivity contribution < 1.29 is 0 Å². The maximum absolute atomic E-state index is 12.4. The highest BCUT2D eigenvalue weighted by Crippen LogP contribution is 2.06. The van der Waals surface area contributed by atoms with Crippen LogP contribution in [0, 0.1) is 6.92 Å². The lowest BCUT2D eigenvalue weighted by molar-refractivity contribution is 0.726. The molecule has 0 atom stereocenters. The SMILES string of the molecule is CNc1cccc(Cn2ccn3nc(C)cc3c2=O)n1. The molecule has 6 nitrogen and oxygen atoms in total. The second-order valence-corrected chi connectivity index (χ2v) is 4.61. The molecular weight excluding hydrogens is 254 g/mol. The Bertz CT molecular complexity index is 818. The van der Waals surface area contributed by atoms with Crippen LogP contribution in [0.3, 0.4) is 0 Å². The Balaban J connectivity index is 2.02. The fourth-order valence-electron chi connectivity index (χ4n) is 2.15. The lowest BCUT2D eigenvalue weighted by Gasteiger charge is -2.07. The molecule has 6 heteroatoms. The van der Waals surface area contributed by atoms with E-state index >= 15 is 0 Å². The van der Waals surface area contributed by atoms with Crippen LogP contribution in [0.1, 0.15) is 11.4 Å². The molecule has 0 bridgehead atoms. The number of nitrogens with zero attached hydrogens (tertiary/aromatic N) is 4. The summed E-state index contributed by atoms with van der Waals surface area (Å²) in [6, 6.07) is 7.49. The molecule has 1 N–H and O–H groups in total. The molecular formula is C14H15N5O. The van der Waals surface area contributed by atoms with Crippen molar-refractivity contribution in [1.29, 1.82) is 0 Å². The van der Waals surface area contributed by atoms with E-state index in [1.54, 1.807) is 27.5 Å². The zero-order valence-electron chi connectivity index (χ0n) is 11.4. The Kier molecular flexibility index (Phi) is 2.98. The molecule has 102 valence electrons. The highest BCUT2D eigenvalue weighted by molar-refractivity contribution is 5.45. The molecule has 0 spiro atoms. The van der Waals surface area contributed by atoms with Crippen molar-refractivity contribution in [3.8, 4) is 0 Å². The van der Waals surface area contributed by atoms with Crippen LogP contribution in [0.5, 0.6) is 0 Å². The van der Waals surface area contributed by atoms with Gasteiger partial charge in [0.25, 0.3) is 5.56 Å². The van der Waals surface area contributed by atoms with Gasteiger partial charge in [-0.05, 0) is 25.1 Å². The van der Waals surface area contributed by atoms with Crippen LogP contribution in [-0.2, 0) is 6.54 Å². The normalized spacial score (nSPS) is 10.9. The third kappa shape index (κ3) is 2.16. The number of aryl methyl sites for hydroxylation is 1. The van der Waals surface area contributed by atoms with Crippen LogP contribution in [0.25, 0.3) is 5.52 Å². The Hall–Kier alpha value is -2.63. The molecule has 0 aliphatic heterocycles. The van der Waals surface area contributed by atoms with Gasteiger partial charge in [0, 0.05) is 19.4 Å². The first-order valence-corrected chi connectivity index (χ1v) is 6.36. The van der Waals surface area contributed by atoms with E-state index in [0.717, 1.165) is 17.2 Å². The number of hydrogen-bond acceptors (Lipinski definition) is 4. The standard InChI is InChI=1S/C14H15N5O/c1-10-8-12-14(20)18(6-7-19(12)17-10)9-11-4-3-5-13(15-2)16-11/h3-8H,9H2,1-2H3,(H,15,16). The van der Waals surface area contributed by atoms with Crippen molar-refractivity contribution in [2.75, 3.05) is 12.4 Å². The maximum Gasteiger partial charge on any atom is 0.276 e. The number of pyridine rings is 1. The summed E-state index contributed by atoms with van der Waals surface area (Å²) >= 11 is 0. The van der Waals surface area contributed by atoms with Crippen molar-refractivity contribution in [1.82, 2.24) is 19.2 Å². The summed E-state index contributed by atoms with van der Waals surface area (Å²) in [6.07, 6.45) is 3.52. The number of fused-ring (bicyclic) bond motifs is 1. The van der Waals surface area contributed by atoms with E-state index in [4.69, 9.17) is 0 Å². The molecule has 0 aliphatic carbocycles. The summed E-state index contributed by atoms with van der Waals surface area (Å²) in [7, 11) is 1.82. The number of hydrogen-bond donors (Lipinski definition) is 1. The largest absolute Gasteiger partial charge is 0.373 e. The summed E-state index contributed by atoms with van der Waals surface area (Å²) in [5, 5.41) is 7.22. The van der Waals surface area contributed by atoms with Crippen LogP contribution in [0.15, 0.2) is 41.5 Å². The molecule has 3 rings (SSSR count). The molecule has 0 unspecified atom stereocenters. The van der Waals surface area contributed by atoms with Gasteiger partial charge in [0.1, 0.15) is 11.3 Å². The van der Waals surface area contributed by atoms with Gasteiger partial charge < -0.3 is 9.88 Å². The highest BCUT2D eigenvalue weighted by Gasteiger charge is 2.06. The number of anilines is 1. The van der Waals surface area contributed by atoms with Crippen LogP contribution in [0.2, 0.25) is 0 Å². The maximum atomic E-state index is 12.4. The smallest absolute Gasteiger partial charge is 0.276 e. The molecule has 3 heterocycles. The van der Waals surface area contributed by atoms with E-state index in [0.29, 0.717) is 12.1 Å². The highest BCUT2D eigenvalue weighted by atomic mass is 16.1. The summed E-state index contributed by atoms with van der Waals surface area (Å²) in [5.74, 6) is 0.789. The van der Waals surface area contributed by atoms with Crippen molar-refractivity contribution in [3.63, 3.8) is 0 Å². The molecule has 0 fully saturated rings. The van der Waals surface area contributed by atoms with Gasteiger partial charge in [-0.15, -0.1) is 0 Å². The molecule has 3 aromatic rings. The summed E-state index contributed by atoms with van der Waals surface area (Å²) < 4.78 is 3.24. The Morgan fingerprint density at radius 3 is 2.95 bits per heavy atom. The zero-order chi connectivity index (χ0) is 14.1. The van der Waals surface area contributed by atoms with Gasteiger partial charge in [-0.2, -0.15) is 5.10 Å². The molecule has 0 saturated heterocycles. The molecule has 3 aromatic heterocycles. The van der Waals surface area contributed by atoms with Crippen LogP contribution < -0.4 is 10.9 Å². The molecule has 0 aliphatic rings. The van der Waals surface area contributed by atoms with Gasteiger partial charge in [0.05, 0.1) is 17.9 Å². The third-order valence-corrected chi connectivity index (χ3v) is 3.12. The van der Waals surface area contributed by atoms with Crippen molar-refractivity contribution in [2.24, 2.45) is 0 Å². The van der Waals surface area contributed by atoms with E-state index in [1.807, 2.05) is 32.2 Å². The number of nitrogens with one attached hydrogen (secondary N) is 1. The van der Waals surface area contributed by atoms with Crippen LogP contribution >= 0.6 is 0 Å². The van der Waals surface area contributed by atoms with Gasteiger partial charge in [0.2, 0.25) is 0 Å². The lowest BCUT2D eigenvalue weighted by atomic mass is 10.3. The first kappa shape index (κ1) is 12.4. The molecule has 0 radical (unpaired) electrons. The first-order chi connectivity index (χ1) is 9.67. The number of aromatic nitrogens is 4. The van der Waals surface area contributed by atoms with E-state index in [9.17, 15) is 4.79 Å². The van der Waals surface area contributed by atoms with Crippen molar-refractivity contribution in [3.05, 3.63) is 58.4 Å². The van der Waals surface area contributed by atoms with Crippen LogP contribution in [0.4, 0.5) is 5.82 Å². The minimum absolute atomic E-state index is 0.0650. The van der Waals surface area contributed by atoms with Crippen molar-refractivity contribution >= 4 is 11.3 Å². The van der Waals surface area contributed by atoms with E-state index in [2.05, 4.69) is 15.4 Å². The summed E-state index contributed by atoms with van der Waals surface area (Å²) in [5.41, 5.74) is 2.18. The Morgan fingerprint density at radius 2 is 2.15 bits per heavy atom. The molecule has 0 amide bonds. The van der Waals surface area contributed by atoms with E-state index < -0.39 is 0 Å². The number of rotatable bonds is 3. The zero-order valence-corrected chi connectivity index (χ0v) is 11.4. The monoisotopic (exact) mass is 269 g/mol. The van der Waals surface area contributed by atoms with Gasteiger partial charge >= 0.3 is 0 Å². The second-order valence-electron chi connectivity index (χ2n) is 4.61. The van der Waals surface area contributed by atoms with Gasteiger partial charge in [0.15, 0.2) is 0 Å². The summed E-state index contributed by atoms with van der Waals surface area (Å²) in [4.78, 5) is 16.8. The average molecular weight is 269 g/mol. The molecule has 0 saturated carbocycles. The first-order valence-electron chi connectivity index (χ1n) is 6.36. The van der Waals surface area contributed by atoms with E-state index in [1.165, 1.54) is 0 Å². The quantitative estimate of drug-likeness (QED) is 0.778. The Morgan fingerprint density at radius 1 is 1.30 bits per heavy atom. The predicted octanol–water partition coefficient (Wildman–Crippen LogP) is 1.29. The second kappa shape index (κ2) is 4.80.